The van der Waals surface area contributed by atoms with Crippen LogP contribution in [-0.2, 0) is 4.79 Å². The first-order chi connectivity index (χ1) is 8.63. The number of nitrogens with one attached hydrogen (secondary N) is 1. The lowest BCUT2D eigenvalue weighted by atomic mass is 10.1. The molecule has 0 aliphatic carbocycles. The first-order valence-electron chi connectivity index (χ1n) is 5.93. The minimum Gasteiger partial charge on any atom is -0.384 e. The third kappa shape index (κ3) is 2.27. The van der Waals surface area contributed by atoms with Crippen LogP contribution in [0.4, 0.5) is 5.82 Å². The molecule has 2 heterocycles. The van der Waals surface area contributed by atoms with Gasteiger partial charge < -0.3 is 16.0 Å². The number of nitrogens with two attached hydrogens (primary N) is 1. The summed E-state index contributed by atoms with van der Waals surface area (Å²) in [6, 6.07) is 2.81. The van der Waals surface area contributed by atoms with Gasteiger partial charge in [-0.3, -0.25) is 9.59 Å². The van der Waals surface area contributed by atoms with Gasteiger partial charge in [-0.1, -0.05) is 6.92 Å². The number of hydrogen-bond donors (Lipinski definition) is 2. The molecule has 1 unspecified atom stereocenters. The molecule has 1 atom stereocenters. The van der Waals surface area contributed by atoms with Crippen LogP contribution in [0.1, 0.15) is 23.7 Å². The molecule has 96 valence electrons. The van der Waals surface area contributed by atoms with Gasteiger partial charge in [-0.15, -0.1) is 0 Å². The van der Waals surface area contributed by atoms with E-state index in [1.165, 1.54) is 6.20 Å². The molecule has 6 nitrogen and oxygen atoms in total. The smallest absolute Gasteiger partial charge is 0.256 e. The highest BCUT2D eigenvalue weighted by atomic mass is 16.2. The molecule has 0 radical (unpaired) electrons. The number of nitrogens with zero attached hydrogens (tertiary/aromatic N) is 2. The number of carbonyl (C=O) groups excluding carboxylic acids is 2. The van der Waals surface area contributed by atoms with Crippen molar-refractivity contribution in [3.63, 3.8) is 0 Å². The van der Waals surface area contributed by atoms with Crippen LogP contribution < -0.4 is 11.1 Å². The average molecular weight is 248 g/mol. The number of rotatable bonds is 2. The van der Waals surface area contributed by atoms with Crippen LogP contribution in [0.2, 0.25) is 0 Å². The van der Waals surface area contributed by atoms with Gasteiger partial charge in [0.2, 0.25) is 5.91 Å². The van der Waals surface area contributed by atoms with Gasteiger partial charge in [-0.05, 0) is 18.6 Å². The molecule has 0 spiro atoms. The summed E-state index contributed by atoms with van der Waals surface area (Å²) in [5.41, 5.74) is 5.94. The molecule has 1 aromatic rings. The van der Waals surface area contributed by atoms with Gasteiger partial charge >= 0.3 is 0 Å². The van der Waals surface area contributed by atoms with Gasteiger partial charge in [0.1, 0.15) is 11.9 Å². The molecular formula is C12H16N4O2. The van der Waals surface area contributed by atoms with Gasteiger partial charge in [-0.25, -0.2) is 4.98 Å². The lowest BCUT2D eigenvalue weighted by Crippen LogP contribution is -2.56. The zero-order valence-corrected chi connectivity index (χ0v) is 10.2. The van der Waals surface area contributed by atoms with Gasteiger partial charge in [0.15, 0.2) is 0 Å². The fraction of sp³-hybridized carbons (Fsp3) is 0.417. The number of anilines is 1. The van der Waals surface area contributed by atoms with Crippen LogP contribution in [0.15, 0.2) is 18.3 Å². The Bertz CT molecular complexity index is 458. The Morgan fingerprint density at radius 3 is 3.00 bits per heavy atom. The molecule has 1 fully saturated rings. The van der Waals surface area contributed by atoms with E-state index in [1.54, 1.807) is 17.0 Å². The summed E-state index contributed by atoms with van der Waals surface area (Å²) >= 11 is 0. The minimum atomic E-state index is -0.399. The average Bonchev–Trinajstić information content (AvgIpc) is 2.38. The standard InChI is InChI=1S/C12H16N4O2/c1-2-9-11(17)14-5-6-16(9)12(18)8-3-4-10(13)15-7-8/h3-4,7,9H,2,5-6H2,1H3,(H2,13,15)(H,14,17). The second-order valence-electron chi connectivity index (χ2n) is 4.19. The van der Waals surface area contributed by atoms with Crippen LogP contribution in [0, 0.1) is 0 Å². The molecular weight excluding hydrogens is 232 g/mol. The van der Waals surface area contributed by atoms with E-state index in [2.05, 4.69) is 10.3 Å². The van der Waals surface area contributed by atoms with Crippen LogP contribution in [-0.4, -0.2) is 40.8 Å². The van der Waals surface area contributed by atoms with Crippen molar-refractivity contribution in [2.45, 2.75) is 19.4 Å². The highest BCUT2D eigenvalue weighted by molar-refractivity contribution is 5.98. The van der Waals surface area contributed by atoms with Gasteiger partial charge in [0.25, 0.3) is 5.91 Å². The first-order valence-corrected chi connectivity index (χ1v) is 5.93. The lowest BCUT2D eigenvalue weighted by Gasteiger charge is -2.34. The molecule has 0 saturated carbocycles. The SMILES string of the molecule is CCC1C(=O)NCCN1C(=O)c1ccc(N)nc1. The molecule has 0 aromatic carbocycles. The van der Waals surface area contributed by atoms with E-state index in [4.69, 9.17) is 5.73 Å². The van der Waals surface area contributed by atoms with E-state index in [9.17, 15) is 9.59 Å². The summed E-state index contributed by atoms with van der Waals surface area (Å²) in [7, 11) is 0. The Morgan fingerprint density at radius 2 is 2.39 bits per heavy atom. The number of carbonyl (C=O) groups is 2. The maximum Gasteiger partial charge on any atom is 0.256 e. The Morgan fingerprint density at radius 1 is 1.61 bits per heavy atom. The van der Waals surface area contributed by atoms with E-state index < -0.39 is 6.04 Å². The number of nitrogen functional groups attached to an aromatic ring is 1. The van der Waals surface area contributed by atoms with E-state index in [-0.39, 0.29) is 11.8 Å². The Labute approximate surface area is 105 Å². The normalized spacial score (nSPS) is 19.5. The molecule has 1 aliphatic rings. The molecule has 2 amide bonds. The molecule has 1 saturated heterocycles. The largest absolute Gasteiger partial charge is 0.384 e. The summed E-state index contributed by atoms with van der Waals surface area (Å²) in [6.07, 6.45) is 2.04. The summed E-state index contributed by atoms with van der Waals surface area (Å²) in [5.74, 6) is 0.0969. The summed E-state index contributed by atoms with van der Waals surface area (Å²) in [5, 5.41) is 2.76. The summed E-state index contributed by atoms with van der Waals surface area (Å²) < 4.78 is 0. The number of amides is 2. The second-order valence-corrected chi connectivity index (χ2v) is 4.19. The van der Waals surface area contributed by atoms with Gasteiger partial charge in [0, 0.05) is 19.3 Å². The molecule has 0 bridgehead atoms. The number of pyridine rings is 1. The van der Waals surface area contributed by atoms with Crippen LogP contribution in [0.5, 0.6) is 0 Å². The summed E-state index contributed by atoms with van der Waals surface area (Å²) in [6.45, 7) is 2.90. The second kappa shape index (κ2) is 5.03. The van der Waals surface area contributed by atoms with Crippen molar-refractivity contribution < 1.29 is 9.59 Å². The third-order valence-electron chi connectivity index (χ3n) is 3.01. The van der Waals surface area contributed by atoms with Crippen molar-refractivity contribution in [1.82, 2.24) is 15.2 Å². The first kappa shape index (κ1) is 12.3. The highest BCUT2D eigenvalue weighted by Crippen LogP contribution is 2.13. The number of piperazine rings is 1. The lowest BCUT2D eigenvalue weighted by molar-refractivity contribution is -0.127. The van der Waals surface area contributed by atoms with Crippen molar-refractivity contribution in [2.75, 3.05) is 18.8 Å². The Kier molecular flexibility index (Phi) is 3.45. The van der Waals surface area contributed by atoms with E-state index in [1.807, 2.05) is 6.92 Å². The van der Waals surface area contributed by atoms with Crippen molar-refractivity contribution >= 4 is 17.6 Å². The fourth-order valence-corrected chi connectivity index (χ4v) is 2.06. The van der Waals surface area contributed by atoms with Crippen LogP contribution in [0.25, 0.3) is 0 Å². The fourth-order valence-electron chi connectivity index (χ4n) is 2.06. The molecule has 2 rings (SSSR count). The monoisotopic (exact) mass is 248 g/mol. The number of aromatic nitrogens is 1. The Hall–Kier alpha value is -2.11. The molecule has 1 aromatic heterocycles. The molecule has 3 N–H and O–H groups in total. The van der Waals surface area contributed by atoms with Crippen LogP contribution >= 0.6 is 0 Å². The van der Waals surface area contributed by atoms with Crippen molar-refractivity contribution in [1.29, 1.82) is 0 Å². The maximum absolute atomic E-state index is 12.3. The summed E-state index contributed by atoms with van der Waals surface area (Å²) in [4.78, 5) is 29.5. The minimum absolute atomic E-state index is 0.0968. The maximum atomic E-state index is 12.3. The highest BCUT2D eigenvalue weighted by Gasteiger charge is 2.32. The predicted molar refractivity (Wildman–Crippen MR) is 66.8 cm³/mol. The Balaban J connectivity index is 2.21. The van der Waals surface area contributed by atoms with E-state index >= 15 is 0 Å². The number of hydrogen-bond acceptors (Lipinski definition) is 4. The van der Waals surface area contributed by atoms with E-state index in [0.717, 1.165) is 0 Å². The van der Waals surface area contributed by atoms with Crippen molar-refractivity contribution in [3.8, 4) is 0 Å². The zero-order valence-electron chi connectivity index (χ0n) is 10.2. The van der Waals surface area contributed by atoms with E-state index in [0.29, 0.717) is 30.9 Å². The molecule has 18 heavy (non-hydrogen) atoms. The topological polar surface area (TPSA) is 88.3 Å². The zero-order chi connectivity index (χ0) is 13.1. The third-order valence-corrected chi connectivity index (χ3v) is 3.01. The molecule has 6 heteroatoms. The van der Waals surface area contributed by atoms with Crippen molar-refractivity contribution in [3.05, 3.63) is 23.9 Å². The van der Waals surface area contributed by atoms with Crippen LogP contribution in [0.3, 0.4) is 0 Å². The van der Waals surface area contributed by atoms with Gasteiger partial charge in [0.05, 0.1) is 5.56 Å². The van der Waals surface area contributed by atoms with Crippen molar-refractivity contribution in [2.24, 2.45) is 0 Å². The van der Waals surface area contributed by atoms with Gasteiger partial charge in [-0.2, -0.15) is 0 Å². The predicted octanol–water partition coefficient (Wildman–Crippen LogP) is 0.0144. The molecule has 1 aliphatic heterocycles. The quantitative estimate of drug-likeness (QED) is 0.772.